The topological polar surface area (TPSA) is 63.4 Å². The fourth-order valence-corrected chi connectivity index (χ4v) is 3.65. The first kappa shape index (κ1) is 14.6. The standard InChI is InChI=1S/C16H19BrN2O2/c17-14-3-1-10(2-4-14)8-19(9-15(18)20)16(21)13-6-11-5-12(11)7-13/h1-4,11-13H,5-9H2,(H2,18,20). The summed E-state index contributed by atoms with van der Waals surface area (Å²) in [4.78, 5) is 25.5. The zero-order chi connectivity index (χ0) is 15.0. The number of primary amides is 1. The van der Waals surface area contributed by atoms with Crippen LogP contribution in [0.5, 0.6) is 0 Å². The summed E-state index contributed by atoms with van der Waals surface area (Å²) in [6, 6.07) is 7.79. The van der Waals surface area contributed by atoms with E-state index in [1.54, 1.807) is 4.90 Å². The van der Waals surface area contributed by atoms with Gasteiger partial charge >= 0.3 is 0 Å². The highest BCUT2D eigenvalue weighted by molar-refractivity contribution is 9.10. The third kappa shape index (κ3) is 3.46. The second-order valence-electron chi connectivity index (χ2n) is 6.21. The second-order valence-corrected chi connectivity index (χ2v) is 7.13. The van der Waals surface area contributed by atoms with Crippen molar-refractivity contribution in [3.8, 4) is 0 Å². The van der Waals surface area contributed by atoms with Crippen molar-refractivity contribution in [2.75, 3.05) is 6.54 Å². The van der Waals surface area contributed by atoms with Crippen LogP contribution in [-0.2, 0) is 16.1 Å². The highest BCUT2D eigenvalue weighted by atomic mass is 79.9. The van der Waals surface area contributed by atoms with E-state index in [9.17, 15) is 9.59 Å². The average molecular weight is 351 g/mol. The minimum absolute atomic E-state index is 0.000725. The number of hydrogen-bond donors (Lipinski definition) is 1. The van der Waals surface area contributed by atoms with Gasteiger partial charge in [0.05, 0.1) is 6.54 Å². The molecule has 5 heteroatoms. The molecule has 3 rings (SSSR count). The predicted molar refractivity (Wildman–Crippen MR) is 83.1 cm³/mol. The Balaban J connectivity index is 1.69. The molecule has 0 bridgehead atoms. The highest BCUT2D eigenvalue weighted by Gasteiger charge is 2.48. The maximum atomic E-state index is 12.6. The van der Waals surface area contributed by atoms with E-state index in [-0.39, 0.29) is 18.4 Å². The van der Waals surface area contributed by atoms with Gasteiger partial charge in [0, 0.05) is 16.9 Å². The van der Waals surface area contributed by atoms with Crippen LogP contribution >= 0.6 is 15.9 Å². The monoisotopic (exact) mass is 350 g/mol. The van der Waals surface area contributed by atoms with Crippen molar-refractivity contribution < 1.29 is 9.59 Å². The third-order valence-electron chi connectivity index (χ3n) is 4.54. The molecule has 2 aliphatic rings. The summed E-state index contributed by atoms with van der Waals surface area (Å²) in [5.74, 6) is 1.22. The lowest BCUT2D eigenvalue weighted by atomic mass is 10.0. The Morgan fingerprint density at radius 3 is 2.33 bits per heavy atom. The van der Waals surface area contributed by atoms with Gasteiger partial charge in [-0.2, -0.15) is 0 Å². The minimum Gasteiger partial charge on any atom is -0.368 e. The lowest BCUT2D eigenvalue weighted by Gasteiger charge is -2.25. The maximum absolute atomic E-state index is 12.6. The van der Waals surface area contributed by atoms with Crippen LogP contribution in [0.25, 0.3) is 0 Å². The molecule has 2 fully saturated rings. The number of benzene rings is 1. The molecule has 21 heavy (non-hydrogen) atoms. The van der Waals surface area contributed by atoms with E-state index in [1.807, 2.05) is 24.3 Å². The third-order valence-corrected chi connectivity index (χ3v) is 5.07. The van der Waals surface area contributed by atoms with E-state index in [1.165, 1.54) is 6.42 Å². The molecular formula is C16H19BrN2O2. The lowest BCUT2D eigenvalue weighted by Crippen LogP contribution is -2.41. The summed E-state index contributed by atoms with van der Waals surface area (Å²) in [6.45, 7) is 0.446. The maximum Gasteiger partial charge on any atom is 0.237 e. The number of fused-ring (bicyclic) bond motifs is 1. The molecule has 112 valence electrons. The first-order valence-corrected chi connectivity index (χ1v) is 8.13. The molecule has 2 N–H and O–H groups in total. The largest absolute Gasteiger partial charge is 0.368 e. The molecule has 2 amide bonds. The van der Waals surface area contributed by atoms with Gasteiger partial charge in [-0.3, -0.25) is 9.59 Å². The van der Waals surface area contributed by atoms with Crippen LogP contribution in [0.4, 0.5) is 0 Å². The Labute approximate surface area is 132 Å². The van der Waals surface area contributed by atoms with Gasteiger partial charge in [-0.05, 0) is 48.8 Å². The Hall–Kier alpha value is -1.36. The summed E-state index contributed by atoms with van der Waals surface area (Å²) in [5.41, 5.74) is 6.31. The number of halogens is 1. The molecule has 0 radical (unpaired) electrons. The molecule has 4 nitrogen and oxygen atoms in total. The average Bonchev–Trinajstić information content (AvgIpc) is 3.05. The van der Waals surface area contributed by atoms with Crippen molar-refractivity contribution in [1.29, 1.82) is 0 Å². The van der Waals surface area contributed by atoms with Gasteiger partial charge in [-0.1, -0.05) is 28.1 Å². The van der Waals surface area contributed by atoms with E-state index in [2.05, 4.69) is 15.9 Å². The van der Waals surface area contributed by atoms with Gasteiger partial charge < -0.3 is 10.6 Å². The molecule has 1 aromatic carbocycles. The van der Waals surface area contributed by atoms with Gasteiger partial charge in [0.25, 0.3) is 0 Å². The molecule has 0 heterocycles. The molecule has 0 saturated heterocycles. The van der Waals surface area contributed by atoms with E-state index < -0.39 is 5.91 Å². The summed E-state index contributed by atoms with van der Waals surface area (Å²) in [6.07, 6.45) is 3.25. The number of hydrogen-bond acceptors (Lipinski definition) is 2. The van der Waals surface area contributed by atoms with Crippen LogP contribution < -0.4 is 5.73 Å². The molecule has 0 aromatic heterocycles. The van der Waals surface area contributed by atoms with E-state index in [0.29, 0.717) is 6.54 Å². The highest BCUT2D eigenvalue weighted by Crippen LogP contribution is 2.54. The van der Waals surface area contributed by atoms with Crippen LogP contribution in [0.3, 0.4) is 0 Å². The number of nitrogens with two attached hydrogens (primary N) is 1. The zero-order valence-electron chi connectivity index (χ0n) is 11.8. The van der Waals surface area contributed by atoms with Crippen molar-refractivity contribution in [3.05, 3.63) is 34.3 Å². The van der Waals surface area contributed by atoms with E-state index in [0.717, 1.165) is 34.7 Å². The molecule has 2 aliphatic carbocycles. The second kappa shape index (κ2) is 5.79. The normalized spacial score (nSPS) is 26.2. The van der Waals surface area contributed by atoms with Gasteiger partial charge in [0.2, 0.25) is 11.8 Å². The van der Waals surface area contributed by atoms with Crippen LogP contribution in [0.1, 0.15) is 24.8 Å². The molecule has 0 spiro atoms. The van der Waals surface area contributed by atoms with Crippen molar-refractivity contribution >= 4 is 27.7 Å². The van der Waals surface area contributed by atoms with Crippen LogP contribution in [0.15, 0.2) is 28.7 Å². The molecule has 2 atom stereocenters. The number of carbonyl (C=O) groups is 2. The SMILES string of the molecule is NC(=O)CN(Cc1ccc(Br)cc1)C(=O)C1CC2CC2C1. The number of nitrogens with zero attached hydrogens (tertiary/aromatic N) is 1. The first-order chi connectivity index (χ1) is 10.0. The quantitative estimate of drug-likeness (QED) is 0.885. The summed E-state index contributed by atoms with van der Waals surface area (Å²) < 4.78 is 0.995. The van der Waals surface area contributed by atoms with Crippen molar-refractivity contribution in [1.82, 2.24) is 4.90 Å². The first-order valence-electron chi connectivity index (χ1n) is 7.34. The number of amides is 2. The van der Waals surface area contributed by atoms with Gasteiger partial charge in [0.1, 0.15) is 0 Å². The van der Waals surface area contributed by atoms with E-state index in [4.69, 9.17) is 5.73 Å². The lowest BCUT2D eigenvalue weighted by molar-refractivity contribution is -0.139. The Bertz CT molecular complexity index is 548. The summed E-state index contributed by atoms with van der Waals surface area (Å²) >= 11 is 3.39. The van der Waals surface area contributed by atoms with E-state index >= 15 is 0 Å². The molecule has 0 aliphatic heterocycles. The molecular weight excluding hydrogens is 332 g/mol. The molecule has 1 aromatic rings. The summed E-state index contributed by atoms with van der Waals surface area (Å²) in [5, 5.41) is 0. The molecule has 2 saturated carbocycles. The smallest absolute Gasteiger partial charge is 0.237 e. The summed E-state index contributed by atoms with van der Waals surface area (Å²) in [7, 11) is 0. The Kier molecular flexibility index (Phi) is 4.02. The zero-order valence-corrected chi connectivity index (χ0v) is 13.4. The Morgan fingerprint density at radius 2 is 1.76 bits per heavy atom. The van der Waals surface area contributed by atoms with Gasteiger partial charge in [-0.15, -0.1) is 0 Å². The van der Waals surface area contributed by atoms with Crippen molar-refractivity contribution in [2.24, 2.45) is 23.5 Å². The van der Waals surface area contributed by atoms with Crippen LogP contribution in [-0.4, -0.2) is 23.3 Å². The Morgan fingerprint density at radius 1 is 1.14 bits per heavy atom. The fraction of sp³-hybridized carbons (Fsp3) is 0.500. The minimum atomic E-state index is -0.455. The predicted octanol–water partition coefficient (Wildman–Crippen LogP) is 2.31. The fourth-order valence-electron chi connectivity index (χ4n) is 3.38. The number of carbonyl (C=O) groups excluding carboxylic acids is 2. The van der Waals surface area contributed by atoms with Crippen molar-refractivity contribution in [3.63, 3.8) is 0 Å². The van der Waals surface area contributed by atoms with Crippen molar-refractivity contribution in [2.45, 2.75) is 25.8 Å². The number of rotatable bonds is 5. The van der Waals surface area contributed by atoms with Gasteiger partial charge in [0.15, 0.2) is 0 Å². The van der Waals surface area contributed by atoms with Gasteiger partial charge in [-0.25, -0.2) is 0 Å². The van der Waals surface area contributed by atoms with Crippen LogP contribution in [0.2, 0.25) is 0 Å². The van der Waals surface area contributed by atoms with Crippen LogP contribution in [0, 0.1) is 17.8 Å². The molecule has 2 unspecified atom stereocenters.